The molecule has 0 unspecified atom stereocenters. The number of aryl methyl sites for hydroxylation is 1. The lowest BCUT2D eigenvalue weighted by Gasteiger charge is -2.45. The van der Waals surface area contributed by atoms with Crippen LogP contribution in [-0.4, -0.2) is 124 Å². The Labute approximate surface area is 536 Å². The zero-order valence-electron chi connectivity index (χ0n) is 52.8. The minimum Gasteiger partial charge on any atom is -0.458 e. The Morgan fingerprint density at radius 1 is 0.806 bits per heavy atom. The molecule has 0 bridgehead atoms. The molecule has 23 nitrogen and oxygen atoms in total. The van der Waals surface area contributed by atoms with Gasteiger partial charge in [0.05, 0.1) is 73.3 Å². The fraction of sp³-hybridized carbons (Fsp3) is 0.464. The second-order valence-electron chi connectivity index (χ2n) is 25.5. The van der Waals surface area contributed by atoms with Crippen molar-refractivity contribution in [3.05, 3.63) is 127 Å². The molecular weight excluding hydrogens is 1200 g/mol. The van der Waals surface area contributed by atoms with Gasteiger partial charge in [-0.25, -0.2) is 14.2 Å². The van der Waals surface area contributed by atoms with Crippen LogP contribution in [0.3, 0.4) is 0 Å². The number of primary amides is 1. The van der Waals surface area contributed by atoms with Crippen molar-refractivity contribution in [3.63, 3.8) is 0 Å². The Kier molecular flexibility index (Phi) is 19.1. The number of cyclic esters (lactones) is 1. The Bertz CT molecular complexity index is 3960. The number of pyridine rings is 2. The fourth-order valence-corrected chi connectivity index (χ4v) is 14.2. The predicted molar refractivity (Wildman–Crippen MR) is 340 cm³/mol. The summed E-state index contributed by atoms with van der Waals surface area (Å²) in [7, 11) is 0. The lowest BCUT2D eigenvalue weighted by atomic mass is 9.65. The summed E-state index contributed by atoms with van der Waals surface area (Å²) < 4.78 is 27.9. The van der Waals surface area contributed by atoms with E-state index in [1.807, 2.05) is 59.5 Å². The summed E-state index contributed by atoms with van der Waals surface area (Å²) in [5.74, 6) is -5.51. The van der Waals surface area contributed by atoms with Gasteiger partial charge in [-0.05, 0) is 129 Å². The second kappa shape index (κ2) is 27.2. The van der Waals surface area contributed by atoms with Crippen molar-refractivity contribution in [3.8, 4) is 11.4 Å². The van der Waals surface area contributed by atoms with Crippen molar-refractivity contribution in [1.29, 1.82) is 0 Å². The molecule has 0 radical (unpaired) electrons. The molecule has 8 amide bonds. The van der Waals surface area contributed by atoms with Crippen LogP contribution in [0.4, 0.5) is 10.1 Å². The Hall–Kier alpha value is -9.16. The van der Waals surface area contributed by atoms with Crippen molar-refractivity contribution < 1.29 is 62.1 Å². The van der Waals surface area contributed by atoms with Crippen LogP contribution in [0.25, 0.3) is 34.4 Å². The lowest BCUT2D eigenvalue weighted by molar-refractivity contribution is -0.172. The van der Waals surface area contributed by atoms with Crippen LogP contribution in [0.5, 0.6) is 0 Å². The van der Waals surface area contributed by atoms with Crippen LogP contribution in [0.2, 0.25) is 0 Å². The number of fused-ring (bicyclic) bond motifs is 7. The first-order valence-electron chi connectivity index (χ1n) is 32.2. The van der Waals surface area contributed by atoms with Gasteiger partial charge in [-0.1, -0.05) is 61.5 Å². The molecule has 11 rings (SSSR count). The number of carbonyl (C=O) groups is 9. The van der Waals surface area contributed by atoms with Gasteiger partial charge in [-0.15, -0.1) is 0 Å². The molecular formula is C69H79FN10O13. The molecule has 5 aromatic rings. The maximum absolute atomic E-state index is 15.6. The molecule has 3 aromatic carbocycles. The Morgan fingerprint density at radius 2 is 1.49 bits per heavy atom. The van der Waals surface area contributed by atoms with Gasteiger partial charge in [-0.3, -0.25) is 43.2 Å². The number of hydrogen-bond donors (Lipinski definition) is 7. The third kappa shape index (κ3) is 13.4. The number of benzene rings is 3. The number of rotatable bonds is 20. The molecule has 24 heteroatoms. The number of hydrogen-bond acceptors (Lipinski definition) is 14. The molecule has 2 aromatic heterocycles. The second-order valence-corrected chi connectivity index (χ2v) is 25.5. The lowest BCUT2D eigenvalue weighted by Crippen LogP contribution is -2.56. The van der Waals surface area contributed by atoms with Crippen LogP contribution in [0.1, 0.15) is 154 Å². The molecule has 490 valence electrons. The van der Waals surface area contributed by atoms with Crippen LogP contribution >= 0.6 is 0 Å². The molecule has 6 heterocycles. The first-order chi connectivity index (χ1) is 44.6. The number of ether oxygens (including phenoxy) is 2. The van der Waals surface area contributed by atoms with Crippen LogP contribution in [-0.2, 0) is 84.3 Å². The van der Waals surface area contributed by atoms with E-state index in [4.69, 9.17) is 20.2 Å². The van der Waals surface area contributed by atoms with E-state index in [2.05, 4.69) is 32.7 Å². The van der Waals surface area contributed by atoms with Gasteiger partial charge in [0.15, 0.2) is 5.60 Å². The summed E-state index contributed by atoms with van der Waals surface area (Å²) in [5, 5.41) is 25.6. The van der Waals surface area contributed by atoms with E-state index >= 15 is 4.39 Å². The van der Waals surface area contributed by atoms with Crippen LogP contribution in [0, 0.1) is 24.1 Å². The highest BCUT2D eigenvalue weighted by molar-refractivity contribution is 5.99. The van der Waals surface area contributed by atoms with E-state index in [0.717, 1.165) is 60.9 Å². The highest BCUT2D eigenvalue weighted by Gasteiger charge is 2.47. The molecule has 1 spiro atoms. The average molecular weight is 1280 g/mol. The van der Waals surface area contributed by atoms with Crippen molar-refractivity contribution in [1.82, 2.24) is 41.0 Å². The number of halogens is 1. The predicted octanol–water partition coefficient (Wildman–Crippen LogP) is 4.82. The van der Waals surface area contributed by atoms with Crippen molar-refractivity contribution >= 4 is 82.0 Å². The molecule has 6 aliphatic rings. The van der Waals surface area contributed by atoms with Crippen molar-refractivity contribution in [2.45, 2.75) is 161 Å². The van der Waals surface area contributed by atoms with E-state index in [1.165, 1.54) is 30.5 Å². The highest BCUT2D eigenvalue weighted by Crippen LogP contribution is 2.48. The van der Waals surface area contributed by atoms with E-state index < -0.39 is 83.1 Å². The number of nitrogens with one attached hydrogen (secondary N) is 5. The van der Waals surface area contributed by atoms with Gasteiger partial charge in [0.2, 0.25) is 47.3 Å². The summed E-state index contributed by atoms with van der Waals surface area (Å²) in [6.07, 6.45) is 9.04. The van der Waals surface area contributed by atoms with E-state index in [1.54, 1.807) is 18.7 Å². The monoisotopic (exact) mass is 1270 g/mol. The van der Waals surface area contributed by atoms with Gasteiger partial charge in [0.25, 0.3) is 5.56 Å². The first-order valence-corrected chi connectivity index (χ1v) is 32.2. The number of para-hydroxylation sites is 1. The Balaban J connectivity index is 0.599. The van der Waals surface area contributed by atoms with Gasteiger partial charge in [-0.2, -0.15) is 0 Å². The van der Waals surface area contributed by atoms with Gasteiger partial charge < -0.3 is 61.3 Å². The number of aromatic nitrogens is 2. The van der Waals surface area contributed by atoms with Gasteiger partial charge in [0, 0.05) is 61.0 Å². The zero-order valence-corrected chi connectivity index (χ0v) is 52.8. The number of likely N-dealkylation sites (tertiary alicyclic amines) is 1. The molecule has 8 N–H and O–H groups in total. The average Bonchev–Trinajstić information content (AvgIpc) is 1.61. The summed E-state index contributed by atoms with van der Waals surface area (Å²) in [4.78, 5) is 142. The SMILES string of the molecule is CC[C@@]1(O)C(=O)OCc2c1cc1n(c2=O)Cc2c-1nc1cc(F)c(C)c3c1c2[C@@H](NC(=O)[C@H](CC(N)=O)NC(=O)[C@H](C)NC(=O)[C@H](C)NC(=O)CCOCCC(=O)N1CCC2(CCC(C(=O)NCCC(=O)N4Cc5ccccc5/C=C\c5ccccc54)CC2)CC1)CC3. The smallest absolute Gasteiger partial charge is 0.343 e. The summed E-state index contributed by atoms with van der Waals surface area (Å²) in [6, 6.07) is 13.9. The number of carbonyl (C=O) groups excluding carboxylic acids is 9. The van der Waals surface area contributed by atoms with Crippen LogP contribution in [0.15, 0.2) is 65.5 Å². The highest BCUT2D eigenvalue weighted by atomic mass is 19.1. The van der Waals surface area contributed by atoms with Gasteiger partial charge >= 0.3 is 5.97 Å². The number of nitrogens with two attached hydrogens (primary N) is 1. The summed E-state index contributed by atoms with van der Waals surface area (Å²) in [5.41, 5.74) is 10.0. The molecule has 4 aliphatic heterocycles. The Morgan fingerprint density at radius 3 is 2.24 bits per heavy atom. The largest absolute Gasteiger partial charge is 0.458 e. The van der Waals surface area contributed by atoms with Gasteiger partial charge in [0.1, 0.15) is 30.5 Å². The minimum absolute atomic E-state index is 0.0256. The fourth-order valence-electron chi connectivity index (χ4n) is 14.2. The number of esters is 1. The quantitative estimate of drug-likeness (QED) is 0.0398. The summed E-state index contributed by atoms with van der Waals surface area (Å²) >= 11 is 0. The minimum atomic E-state index is -2.10. The van der Waals surface area contributed by atoms with Crippen molar-refractivity contribution in [2.24, 2.45) is 17.1 Å². The number of nitrogens with zero attached hydrogens (tertiary/aromatic N) is 4. The van der Waals surface area contributed by atoms with Crippen LogP contribution < -0.4 is 42.8 Å². The van der Waals surface area contributed by atoms with E-state index in [9.17, 15) is 53.1 Å². The molecule has 2 aliphatic carbocycles. The van der Waals surface area contributed by atoms with Crippen molar-refractivity contribution in [2.75, 3.05) is 37.7 Å². The number of aliphatic hydroxyl groups is 1. The first kappa shape index (κ1) is 65.3. The third-order valence-corrected chi connectivity index (χ3v) is 19.8. The number of anilines is 1. The number of piperidine rings is 1. The molecule has 5 atom stereocenters. The standard InChI is InChI=1S/C69H79FN10O13/c1-5-69(91)48-32-54-61-46(36-80(54)66(89)47(48)37-93-67(69)90)60-50(17-16-45-38(2)49(70)33-51(75-61)59(45)60)76-65(88)52(34-55(71)81)77-63(86)40(4)74-62(85)39(3)73-56(82)21-30-92-31-22-57(83)78-28-25-68(26-29-78)23-18-43(19-24-68)64(87)72-27-20-58(84)79-35-44-12-7-6-10-41(44)14-15-42-11-8-9-13-53(42)79/h6-15,32-33,39-40,43,50,52,91H,5,16-31,34-37H2,1-4H3,(H2,71,81)(H,72,87)(H,73,82)(H,74,85)(H,76,88)(H,77,86)/b15-14-/t39-,40-,50-,52-,69-/m0/s1. The maximum atomic E-state index is 15.6. The van der Waals surface area contributed by atoms with E-state index in [-0.39, 0.29) is 122 Å². The van der Waals surface area contributed by atoms with E-state index in [0.29, 0.717) is 53.7 Å². The molecule has 93 heavy (non-hydrogen) atoms. The normalized spacial score (nSPS) is 19.8. The summed E-state index contributed by atoms with van der Waals surface area (Å²) in [6.45, 7) is 7.56. The third-order valence-electron chi connectivity index (χ3n) is 19.8. The maximum Gasteiger partial charge on any atom is 0.343 e. The molecule has 1 saturated heterocycles. The molecule has 2 fully saturated rings. The topological polar surface area (TPSA) is 320 Å². The molecule has 1 saturated carbocycles. The number of amides is 8. The zero-order chi connectivity index (χ0) is 66.0.